The van der Waals surface area contributed by atoms with E-state index in [0.717, 1.165) is 31.6 Å². The Balaban J connectivity index is 1.70. The Morgan fingerprint density at radius 3 is 2.28 bits per heavy atom. The third-order valence-electron chi connectivity index (χ3n) is 4.71. The Bertz CT molecular complexity index is 248. The van der Waals surface area contributed by atoms with E-state index in [1.807, 2.05) is 0 Å². The summed E-state index contributed by atoms with van der Waals surface area (Å²) < 4.78 is 5.69. The maximum atomic E-state index is 12.1. The lowest BCUT2D eigenvalue weighted by molar-refractivity contribution is -0.157. The first-order valence-electron chi connectivity index (χ1n) is 8.00. The average molecular weight is 252 g/mol. The van der Waals surface area contributed by atoms with Crippen LogP contribution in [0.1, 0.15) is 77.6 Å². The van der Waals surface area contributed by atoms with Gasteiger partial charge in [-0.15, -0.1) is 0 Å². The molecule has 0 amide bonds. The number of rotatable bonds is 4. The molecule has 2 saturated carbocycles. The van der Waals surface area contributed by atoms with Crippen molar-refractivity contribution in [1.82, 2.24) is 0 Å². The van der Waals surface area contributed by atoms with Gasteiger partial charge < -0.3 is 4.74 Å². The van der Waals surface area contributed by atoms with E-state index >= 15 is 0 Å². The minimum Gasteiger partial charge on any atom is -0.462 e. The smallest absolute Gasteiger partial charge is 0.309 e. The third kappa shape index (κ3) is 4.00. The topological polar surface area (TPSA) is 26.3 Å². The number of carbonyl (C=O) groups is 1. The molecule has 2 rings (SSSR count). The molecule has 104 valence electrons. The Kier molecular flexibility index (Phi) is 5.52. The van der Waals surface area contributed by atoms with Crippen LogP contribution in [0, 0.1) is 11.8 Å². The van der Waals surface area contributed by atoms with E-state index in [1.54, 1.807) is 0 Å². The maximum absolute atomic E-state index is 12.1. The van der Waals surface area contributed by atoms with E-state index in [4.69, 9.17) is 4.74 Å². The van der Waals surface area contributed by atoms with Crippen molar-refractivity contribution in [2.24, 2.45) is 11.8 Å². The molecule has 0 saturated heterocycles. The van der Waals surface area contributed by atoms with Gasteiger partial charge >= 0.3 is 5.97 Å². The molecule has 18 heavy (non-hydrogen) atoms. The predicted molar refractivity (Wildman–Crippen MR) is 73.3 cm³/mol. The molecule has 0 atom stereocenters. The lowest BCUT2D eigenvalue weighted by Gasteiger charge is -2.29. The molecule has 0 aromatic heterocycles. The van der Waals surface area contributed by atoms with Crippen LogP contribution in [0.3, 0.4) is 0 Å². The number of ether oxygens (including phenoxy) is 1. The summed E-state index contributed by atoms with van der Waals surface area (Å²) in [5.41, 5.74) is 0. The molecule has 0 bridgehead atoms. The second kappa shape index (κ2) is 7.16. The van der Waals surface area contributed by atoms with Crippen molar-refractivity contribution in [3.05, 3.63) is 0 Å². The fourth-order valence-corrected chi connectivity index (χ4v) is 3.54. The van der Waals surface area contributed by atoms with E-state index < -0.39 is 0 Å². The molecule has 0 aliphatic heterocycles. The van der Waals surface area contributed by atoms with Gasteiger partial charge in [-0.25, -0.2) is 0 Å². The van der Waals surface area contributed by atoms with Gasteiger partial charge in [0, 0.05) is 0 Å². The van der Waals surface area contributed by atoms with E-state index in [1.165, 1.54) is 44.9 Å². The van der Waals surface area contributed by atoms with Gasteiger partial charge in [-0.05, 0) is 57.3 Å². The van der Waals surface area contributed by atoms with Crippen LogP contribution < -0.4 is 0 Å². The molecule has 0 spiro atoms. The van der Waals surface area contributed by atoms with Gasteiger partial charge in [0.25, 0.3) is 0 Å². The van der Waals surface area contributed by atoms with Crippen molar-refractivity contribution < 1.29 is 9.53 Å². The lowest BCUT2D eigenvalue weighted by Crippen LogP contribution is -2.28. The summed E-state index contributed by atoms with van der Waals surface area (Å²) >= 11 is 0. The van der Waals surface area contributed by atoms with Crippen molar-refractivity contribution in [2.75, 3.05) is 0 Å². The number of carbonyl (C=O) groups excluding carboxylic acids is 1. The van der Waals surface area contributed by atoms with Gasteiger partial charge in [0.2, 0.25) is 0 Å². The number of esters is 1. The normalized spacial score (nSPS) is 30.1. The molecular weight excluding hydrogens is 224 g/mol. The first-order valence-corrected chi connectivity index (χ1v) is 8.00. The molecule has 0 aromatic carbocycles. The Labute approximate surface area is 111 Å². The molecular formula is C16H28O2. The summed E-state index contributed by atoms with van der Waals surface area (Å²) in [7, 11) is 0. The average Bonchev–Trinajstić information content (AvgIpc) is 2.41. The largest absolute Gasteiger partial charge is 0.462 e. The van der Waals surface area contributed by atoms with Gasteiger partial charge in [-0.2, -0.15) is 0 Å². The van der Waals surface area contributed by atoms with Crippen molar-refractivity contribution in [3.8, 4) is 0 Å². The van der Waals surface area contributed by atoms with Gasteiger partial charge in [0.1, 0.15) is 6.10 Å². The van der Waals surface area contributed by atoms with Gasteiger partial charge in [0.15, 0.2) is 0 Å². The van der Waals surface area contributed by atoms with Crippen LogP contribution in [0.15, 0.2) is 0 Å². The highest BCUT2D eigenvalue weighted by molar-refractivity contribution is 5.72. The van der Waals surface area contributed by atoms with Crippen LogP contribution in [0.5, 0.6) is 0 Å². The zero-order valence-electron chi connectivity index (χ0n) is 11.8. The summed E-state index contributed by atoms with van der Waals surface area (Å²) in [4.78, 5) is 12.1. The van der Waals surface area contributed by atoms with Crippen LogP contribution >= 0.6 is 0 Å². The van der Waals surface area contributed by atoms with Crippen molar-refractivity contribution >= 4 is 5.97 Å². The zero-order valence-corrected chi connectivity index (χ0v) is 11.8. The molecule has 2 aliphatic rings. The first-order chi connectivity index (χ1) is 8.79. The number of hydrogen-bond donors (Lipinski definition) is 0. The van der Waals surface area contributed by atoms with Crippen molar-refractivity contribution in [2.45, 2.75) is 83.7 Å². The van der Waals surface area contributed by atoms with E-state index in [-0.39, 0.29) is 18.0 Å². The summed E-state index contributed by atoms with van der Waals surface area (Å²) in [6.07, 6.45) is 13.4. The van der Waals surface area contributed by atoms with E-state index in [2.05, 4.69) is 6.92 Å². The van der Waals surface area contributed by atoms with Gasteiger partial charge in [-0.3, -0.25) is 4.79 Å². The Hall–Kier alpha value is -0.530. The second-order valence-electron chi connectivity index (χ2n) is 6.20. The van der Waals surface area contributed by atoms with Crippen LogP contribution in [0.2, 0.25) is 0 Å². The summed E-state index contributed by atoms with van der Waals surface area (Å²) in [5, 5.41) is 0. The summed E-state index contributed by atoms with van der Waals surface area (Å²) in [6.45, 7) is 2.25. The van der Waals surface area contributed by atoms with Crippen LogP contribution in [0.25, 0.3) is 0 Å². The zero-order chi connectivity index (χ0) is 12.8. The lowest BCUT2D eigenvalue weighted by atomic mass is 9.80. The van der Waals surface area contributed by atoms with E-state index in [9.17, 15) is 4.79 Å². The minimum absolute atomic E-state index is 0.108. The van der Waals surface area contributed by atoms with Crippen molar-refractivity contribution in [1.29, 1.82) is 0 Å². The molecule has 0 radical (unpaired) electrons. The number of hydrogen-bond acceptors (Lipinski definition) is 2. The standard InChI is InChI=1S/C16H28O2/c1-2-6-13-9-11-14(12-10-13)16(17)18-15-7-4-3-5-8-15/h13-15H,2-12H2,1H3. The Morgan fingerprint density at radius 2 is 1.67 bits per heavy atom. The molecule has 2 heteroatoms. The predicted octanol–water partition coefficient (Wildman–Crippen LogP) is 4.47. The summed E-state index contributed by atoms with van der Waals surface area (Å²) in [5.74, 6) is 1.19. The minimum atomic E-state index is 0.108. The molecule has 0 unspecified atom stereocenters. The summed E-state index contributed by atoms with van der Waals surface area (Å²) in [6, 6.07) is 0. The monoisotopic (exact) mass is 252 g/mol. The molecule has 0 heterocycles. The molecule has 2 nitrogen and oxygen atoms in total. The van der Waals surface area contributed by atoms with E-state index in [0.29, 0.717) is 0 Å². The van der Waals surface area contributed by atoms with Crippen LogP contribution in [0.4, 0.5) is 0 Å². The SMILES string of the molecule is CCCC1CCC(C(=O)OC2CCCCC2)CC1. The molecule has 0 aromatic rings. The molecule has 0 N–H and O–H groups in total. The third-order valence-corrected chi connectivity index (χ3v) is 4.71. The highest BCUT2D eigenvalue weighted by Gasteiger charge is 2.29. The highest BCUT2D eigenvalue weighted by atomic mass is 16.5. The van der Waals surface area contributed by atoms with Gasteiger partial charge in [-0.1, -0.05) is 26.2 Å². The molecule has 2 aliphatic carbocycles. The first kappa shape index (κ1) is 13.9. The maximum Gasteiger partial charge on any atom is 0.309 e. The fraction of sp³-hybridized carbons (Fsp3) is 0.938. The van der Waals surface area contributed by atoms with Crippen molar-refractivity contribution in [3.63, 3.8) is 0 Å². The molecule has 2 fully saturated rings. The highest BCUT2D eigenvalue weighted by Crippen LogP contribution is 2.33. The second-order valence-corrected chi connectivity index (χ2v) is 6.20. The van der Waals surface area contributed by atoms with Gasteiger partial charge in [0.05, 0.1) is 5.92 Å². The fourth-order valence-electron chi connectivity index (χ4n) is 3.54. The quantitative estimate of drug-likeness (QED) is 0.690. The van der Waals surface area contributed by atoms with Crippen LogP contribution in [-0.2, 0) is 9.53 Å². The Morgan fingerprint density at radius 1 is 1.00 bits per heavy atom. The van der Waals surface area contributed by atoms with Crippen LogP contribution in [-0.4, -0.2) is 12.1 Å².